The van der Waals surface area contributed by atoms with E-state index in [4.69, 9.17) is 0 Å². The molecule has 1 amide bonds. The van der Waals surface area contributed by atoms with E-state index in [1.807, 2.05) is 0 Å². The largest absolute Gasteiger partial charge is 0.352 e. The van der Waals surface area contributed by atoms with Crippen molar-refractivity contribution >= 4 is 39.8 Å². The predicted octanol–water partition coefficient (Wildman–Crippen LogP) is 5.19. The first-order valence-electron chi connectivity index (χ1n) is 9.64. The van der Waals surface area contributed by atoms with Crippen molar-refractivity contribution in [3.05, 3.63) is 29.8 Å². The third kappa shape index (κ3) is 5.94. The molecule has 5 nitrogen and oxygen atoms in total. The Bertz CT molecular complexity index is 745. The van der Waals surface area contributed by atoms with Crippen LogP contribution in [0.4, 0.5) is 10.8 Å². The van der Waals surface area contributed by atoms with Crippen LogP contribution in [-0.4, -0.2) is 27.9 Å². The lowest BCUT2D eigenvalue weighted by Crippen LogP contribution is -2.41. The summed E-state index contributed by atoms with van der Waals surface area (Å²) in [5, 5.41) is 15.6. The molecule has 0 unspecified atom stereocenters. The maximum absolute atomic E-state index is 12.2. The highest BCUT2D eigenvalue weighted by molar-refractivity contribution is 8.01. The normalized spacial score (nSPS) is 19.9. The standard InChI is InChI=1S/C20H28N4OS2/c1-13(2)15-8-10-16(11-9-15)21-19-23-24-20(27-19)26-12-18(25)22-17-7-5-4-6-14(17)3/h8-11,13-14,17H,4-7,12H2,1-3H3,(H,21,23)(H,22,25)/t14-,17-/m0/s1. The van der Waals surface area contributed by atoms with Crippen LogP contribution in [0.2, 0.25) is 0 Å². The molecule has 0 radical (unpaired) electrons. The Labute approximate surface area is 169 Å². The van der Waals surface area contributed by atoms with E-state index in [9.17, 15) is 4.79 Å². The van der Waals surface area contributed by atoms with Crippen LogP contribution in [0, 0.1) is 5.92 Å². The van der Waals surface area contributed by atoms with Crippen molar-refractivity contribution in [3.63, 3.8) is 0 Å². The van der Waals surface area contributed by atoms with Gasteiger partial charge < -0.3 is 10.6 Å². The van der Waals surface area contributed by atoms with Gasteiger partial charge in [0.25, 0.3) is 0 Å². The summed E-state index contributed by atoms with van der Waals surface area (Å²) in [6, 6.07) is 8.69. The lowest BCUT2D eigenvalue weighted by atomic mass is 9.86. The van der Waals surface area contributed by atoms with Gasteiger partial charge in [-0.05, 0) is 42.4 Å². The van der Waals surface area contributed by atoms with E-state index in [-0.39, 0.29) is 5.91 Å². The molecule has 0 bridgehead atoms. The van der Waals surface area contributed by atoms with Crippen molar-refractivity contribution in [2.45, 2.75) is 62.8 Å². The summed E-state index contributed by atoms with van der Waals surface area (Å²) in [7, 11) is 0. The minimum Gasteiger partial charge on any atom is -0.352 e. The average molecular weight is 405 g/mol. The summed E-state index contributed by atoms with van der Waals surface area (Å²) in [4.78, 5) is 12.2. The fourth-order valence-electron chi connectivity index (χ4n) is 3.30. The van der Waals surface area contributed by atoms with Gasteiger partial charge in [-0.25, -0.2) is 0 Å². The molecule has 2 N–H and O–H groups in total. The highest BCUT2D eigenvalue weighted by Crippen LogP contribution is 2.29. The Kier molecular flexibility index (Phi) is 7.13. The van der Waals surface area contributed by atoms with Crippen molar-refractivity contribution in [2.75, 3.05) is 11.1 Å². The first-order chi connectivity index (χ1) is 13.0. The highest BCUT2D eigenvalue weighted by atomic mass is 32.2. The van der Waals surface area contributed by atoms with Crippen LogP contribution >= 0.6 is 23.1 Å². The van der Waals surface area contributed by atoms with Crippen molar-refractivity contribution < 1.29 is 4.79 Å². The van der Waals surface area contributed by atoms with Gasteiger partial charge in [0.2, 0.25) is 11.0 Å². The van der Waals surface area contributed by atoms with Gasteiger partial charge in [0.15, 0.2) is 4.34 Å². The van der Waals surface area contributed by atoms with Gasteiger partial charge in [0.1, 0.15) is 0 Å². The Balaban J connectivity index is 1.46. The molecular weight excluding hydrogens is 376 g/mol. The average Bonchev–Trinajstić information content (AvgIpc) is 3.10. The molecule has 0 saturated heterocycles. The fraction of sp³-hybridized carbons (Fsp3) is 0.550. The number of anilines is 2. The molecule has 1 fully saturated rings. The Morgan fingerprint density at radius 3 is 2.67 bits per heavy atom. The molecule has 1 aromatic heterocycles. The van der Waals surface area contributed by atoms with Crippen LogP contribution in [0.25, 0.3) is 0 Å². The van der Waals surface area contributed by atoms with Crippen LogP contribution in [-0.2, 0) is 4.79 Å². The number of carbonyl (C=O) groups is 1. The van der Waals surface area contributed by atoms with Crippen molar-refractivity contribution in [1.82, 2.24) is 15.5 Å². The number of rotatable bonds is 7. The zero-order chi connectivity index (χ0) is 19.2. The van der Waals surface area contributed by atoms with Gasteiger partial charge in [-0.3, -0.25) is 4.79 Å². The van der Waals surface area contributed by atoms with Crippen LogP contribution in [0.5, 0.6) is 0 Å². The van der Waals surface area contributed by atoms with Gasteiger partial charge in [-0.2, -0.15) is 0 Å². The number of hydrogen-bond donors (Lipinski definition) is 2. The minimum absolute atomic E-state index is 0.0905. The monoisotopic (exact) mass is 404 g/mol. The third-order valence-electron chi connectivity index (χ3n) is 5.02. The maximum atomic E-state index is 12.2. The van der Waals surface area contributed by atoms with E-state index in [0.29, 0.717) is 23.6 Å². The smallest absolute Gasteiger partial charge is 0.230 e. The predicted molar refractivity (Wildman–Crippen MR) is 114 cm³/mol. The Morgan fingerprint density at radius 1 is 1.22 bits per heavy atom. The highest BCUT2D eigenvalue weighted by Gasteiger charge is 2.22. The summed E-state index contributed by atoms with van der Waals surface area (Å²) in [6.45, 7) is 6.59. The molecule has 0 aliphatic heterocycles. The molecule has 0 spiro atoms. The molecule has 1 heterocycles. The molecule has 3 rings (SSSR count). The topological polar surface area (TPSA) is 66.9 Å². The number of thioether (sulfide) groups is 1. The number of carbonyl (C=O) groups excluding carboxylic acids is 1. The summed E-state index contributed by atoms with van der Waals surface area (Å²) in [6.07, 6.45) is 4.80. The molecule has 2 aromatic rings. The minimum atomic E-state index is 0.0905. The first kappa shape index (κ1) is 20.1. The molecule has 146 valence electrons. The van der Waals surface area contributed by atoms with E-state index >= 15 is 0 Å². The Hall–Kier alpha value is -1.60. The summed E-state index contributed by atoms with van der Waals surface area (Å²) >= 11 is 2.93. The molecule has 1 aliphatic carbocycles. The second-order valence-corrected chi connectivity index (χ2v) is 9.70. The first-order valence-corrected chi connectivity index (χ1v) is 11.4. The zero-order valence-corrected chi connectivity index (χ0v) is 17.8. The van der Waals surface area contributed by atoms with Crippen molar-refractivity contribution in [1.29, 1.82) is 0 Å². The Morgan fingerprint density at radius 2 is 1.96 bits per heavy atom. The lowest BCUT2D eigenvalue weighted by Gasteiger charge is -2.29. The molecule has 1 aromatic carbocycles. The zero-order valence-electron chi connectivity index (χ0n) is 16.2. The molecule has 7 heteroatoms. The SMILES string of the molecule is CC(C)c1ccc(Nc2nnc(SCC(=O)N[C@H]3CCCC[C@@H]3C)s2)cc1. The molecule has 1 aliphatic rings. The quantitative estimate of drug-likeness (QED) is 0.622. The van der Waals surface area contributed by atoms with E-state index in [1.165, 1.54) is 47.9 Å². The van der Waals surface area contributed by atoms with Crippen LogP contribution < -0.4 is 10.6 Å². The van der Waals surface area contributed by atoms with E-state index < -0.39 is 0 Å². The molecule has 27 heavy (non-hydrogen) atoms. The van der Waals surface area contributed by atoms with Crippen LogP contribution in [0.1, 0.15) is 57.9 Å². The van der Waals surface area contributed by atoms with Gasteiger partial charge in [0, 0.05) is 11.7 Å². The van der Waals surface area contributed by atoms with Gasteiger partial charge in [-0.1, -0.05) is 68.8 Å². The van der Waals surface area contributed by atoms with Crippen molar-refractivity contribution in [2.24, 2.45) is 5.92 Å². The fourth-order valence-corrected chi connectivity index (χ4v) is 4.88. The molecule has 1 saturated carbocycles. The maximum Gasteiger partial charge on any atom is 0.230 e. The second-order valence-electron chi connectivity index (χ2n) is 7.50. The summed E-state index contributed by atoms with van der Waals surface area (Å²) in [5.41, 5.74) is 2.31. The summed E-state index contributed by atoms with van der Waals surface area (Å²) < 4.78 is 0.808. The number of nitrogens with zero attached hydrogens (tertiary/aromatic N) is 2. The number of aromatic nitrogens is 2. The van der Waals surface area contributed by atoms with Gasteiger partial charge in [0.05, 0.1) is 5.75 Å². The van der Waals surface area contributed by atoms with E-state index in [0.717, 1.165) is 21.6 Å². The molecular formula is C20H28N4OS2. The van der Waals surface area contributed by atoms with Gasteiger partial charge in [-0.15, -0.1) is 10.2 Å². The van der Waals surface area contributed by atoms with E-state index in [1.54, 1.807) is 0 Å². The van der Waals surface area contributed by atoms with Crippen LogP contribution in [0.15, 0.2) is 28.6 Å². The second kappa shape index (κ2) is 9.55. The summed E-state index contributed by atoms with van der Waals surface area (Å²) in [5.74, 6) is 1.58. The van der Waals surface area contributed by atoms with Crippen molar-refractivity contribution in [3.8, 4) is 0 Å². The lowest BCUT2D eigenvalue weighted by molar-refractivity contribution is -0.119. The number of amides is 1. The van der Waals surface area contributed by atoms with Gasteiger partial charge >= 0.3 is 0 Å². The number of hydrogen-bond acceptors (Lipinski definition) is 6. The van der Waals surface area contributed by atoms with Crippen LogP contribution in [0.3, 0.4) is 0 Å². The molecule has 2 atom stereocenters. The number of nitrogens with one attached hydrogen (secondary N) is 2. The number of benzene rings is 1. The third-order valence-corrected chi connectivity index (χ3v) is 6.99. The van der Waals surface area contributed by atoms with E-state index in [2.05, 4.69) is 65.9 Å².